The number of halogens is 3. The molecule has 1 fully saturated rings. The normalized spacial score (nSPS) is 25.2. The Labute approximate surface area is 228 Å². The number of nitrogens with one attached hydrogen (secondary N) is 1. The summed E-state index contributed by atoms with van der Waals surface area (Å²) >= 11 is 0. The summed E-state index contributed by atoms with van der Waals surface area (Å²) in [5, 5.41) is 6.59. The summed E-state index contributed by atoms with van der Waals surface area (Å²) in [5.41, 5.74) is -1.69. The smallest absolute Gasteiger partial charge is 0.274 e. The maximum Gasteiger partial charge on any atom is 0.274 e. The van der Waals surface area contributed by atoms with Crippen molar-refractivity contribution in [1.82, 2.24) is 14.8 Å². The van der Waals surface area contributed by atoms with Gasteiger partial charge in [0.05, 0.1) is 24.4 Å². The van der Waals surface area contributed by atoms with E-state index in [-0.39, 0.29) is 48.7 Å². The number of aromatic nitrogens is 1. The molecule has 5 rings (SSSR count). The van der Waals surface area contributed by atoms with Crippen LogP contribution in [0.3, 0.4) is 0 Å². The molecule has 3 aliphatic rings. The fraction of sp³-hybridized carbons (Fsp3) is 0.500. The Balaban J connectivity index is 1.61. The number of hydrogen-bond acceptors (Lipinski definition) is 6. The molecule has 1 spiro atoms. The zero-order chi connectivity index (χ0) is 28.8. The van der Waals surface area contributed by atoms with Gasteiger partial charge in [0.25, 0.3) is 11.8 Å². The van der Waals surface area contributed by atoms with Crippen LogP contribution >= 0.6 is 0 Å². The third-order valence-electron chi connectivity index (χ3n) is 7.91. The van der Waals surface area contributed by atoms with Crippen LogP contribution in [0.5, 0.6) is 5.75 Å². The number of oxime groups is 1. The number of rotatable bonds is 7. The maximum atomic E-state index is 15.5. The minimum absolute atomic E-state index is 0.0238. The number of ether oxygens (including phenoxy) is 1. The van der Waals surface area contributed by atoms with Gasteiger partial charge in [0.2, 0.25) is 5.43 Å². The van der Waals surface area contributed by atoms with Crippen molar-refractivity contribution in [3.63, 3.8) is 0 Å². The van der Waals surface area contributed by atoms with Crippen LogP contribution in [-0.2, 0) is 11.4 Å². The first-order valence-corrected chi connectivity index (χ1v) is 13.4. The monoisotopic (exact) mass is 560 g/mol. The number of carbonyl (C=O) groups excluding carboxylic acids is 2. The van der Waals surface area contributed by atoms with Gasteiger partial charge in [-0.05, 0) is 26.3 Å². The lowest BCUT2D eigenvalue weighted by atomic mass is 9.83. The molecule has 0 saturated carbocycles. The van der Waals surface area contributed by atoms with Crippen LogP contribution in [0.2, 0.25) is 0 Å². The highest BCUT2D eigenvalue weighted by Gasteiger charge is 2.56. The van der Waals surface area contributed by atoms with Gasteiger partial charge in [-0.15, -0.1) is 0 Å². The average Bonchev–Trinajstić information content (AvgIpc) is 3.25. The van der Waals surface area contributed by atoms with Crippen molar-refractivity contribution in [2.75, 3.05) is 13.2 Å². The highest BCUT2D eigenvalue weighted by molar-refractivity contribution is 5.99. The summed E-state index contributed by atoms with van der Waals surface area (Å²) in [4.78, 5) is 47.9. The van der Waals surface area contributed by atoms with E-state index < -0.39 is 52.7 Å². The summed E-state index contributed by atoms with van der Waals surface area (Å²) < 4.78 is 50.3. The SMILES string of the molecule is CCCCOc1c2n(cc(C(=O)NCc3ccc(F)cc3F)c1=O)[C@@H]1CN(C2=O)[C@@H](C)[C@@H](F)C[C@]12CC(C)=NO2. The second-order valence-corrected chi connectivity index (χ2v) is 10.7. The van der Waals surface area contributed by atoms with Crippen molar-refractivity contribution in [1.29, 1.82) is 0 Å². The fourth-order valence-corrected chi connectivity index (χ4v) is 5.66. The summed E-state index contributed by atoms with van der Waals surface area (Å²) in [5.74, 6) is -3.32. The summed E-state index contributed by atoms with van der Waals surface area (Å²) in [6.07, 6.45) is 1.44. The highest BCUT2D eigenvalue weighted by atomic mass is 19.1. The molecule has 40 heavy (non-hydrogen) atoms. The van der Waals surface area contributed by atoms with Gasteiger partial charge in [0, 0.05) is 43.8 Å². The second kappa shape index (κ2) is 10.6. The van der Waals surface area contributed by atoms with Crippen LogP contribution in [0.4, 0.5) is 13.2 Å². The van der Waals surface area contributed by atoms with Gasteiger partial charge in [0.15, 0.2) is 17.0 Å². The van der Waals surface area contributed by atoms with Crippen molar-refractivity contribution in [3.05, 3.63) is 63.1 Å². The first-order valence-electron chi connectivity index (χ1n) is 13.4. The Morgan fingerprint density at radius 2 is 2.08 bits per heavy atom. The standard InChI is InChI=1S/C28H31F3N4O5/c1-4-5-8-39-25-23-27(38)34-14-22(28(10-15(2)33-40-28)11-21(31)16(34)3)35(23)13-19(24(25)36)26(37)32-12-17-6-7-18(29)9-20(17)30/h6-7,9,13,16,21-22H,4-5,8,10-12,14H2,1-3H3,(H,32,37)/t16-,21-,22+,28+/m0/s1. The number of alkyl halides is 1. The van der Waals surface area contributed by atoms with E-state index in [2.05, 4.69) is 10.5 Å². The molecule has 214 valence electrons. The average molecular weight is 561 g/mol. The van der Waals surface area contributed by atoms with E-state index in [1.807, 2.05) is 6.92 Å². The molecular formula is C28H31F3N4O5. The van der Waals surface area contributed by atoms with E-state index in [4.69, 9.17) is 9.57 Å². The third kappa shape index (κ3) is 4.73. The molecule has 1 saturated heterocycles. The molecule has 2 bridgehead atoms. The van der Waals surface area contributed by atoms with Crippen molar-refractivity contribution in [2.24, 2.45) is 5.16 Å². The van der Waals surface area contributed by atoms with Crippen LogP contribution in [0.15, 0.2) is 34.3 Å². The fourth-order valence-electron chi connectivity index (χ4n) is 5.66. The molecule has 9 nitrogen and oxygen atoms in total. The Hall–Kier alpha value is -3.83. The topological polar surface area (TPSA) is 102 Å². The Bertz CT molecular complexity index is 1440. The minimum Gasteiger partial charge on any atom is -0.487 e. The number of nitrogens with zero attached hydrogens (tertiary/aromatic N) is 3. The number of carbonyl (C=O) groups is 2. The predicted octanol–water partition coefficient (Wildman–Crippen LogP) is 3.90. The zero-order valence-electron chi connectivity index (χ0n) is 22.5. The van der Waals surface area contributed by atoms with Crippen LogP contribution in [-0.4, -0.2) is 58.0 Å². The third-order valence-corrected chi connectivity index (χ3v) is 7.91. The van der Waals surface area contributed by atoms with Gasteiger partial charge in [0.1, 0.15) is 23.4 Å². The predicted molar refractivity (Wildman–Crippen MR) is 139 cm³/mol. The lowest BCUT2D eigenvalue weighted by Gasteiger charge is -2.42. The van der Waals surface area contributed by atoms with Crippen LogP contribution < -0.4 is 15.5 Å². The first kappa shape index (κ1) is 27.7. The largest absolute Gasteiger partial charge is 0.487 e. The summed E-state index contributed by atoms with van der Waals surface area (Å²) in [6, 6.07) is 1.48. The number of fused-ring (bicyclic) bond motifs is 5. The number of unbranched alkanes of at least 4 members (excludes halogenated alkanes) is 1. The molecule has 2 aromatic rings. The number of benzene rings is 1. The van der Waals surface area contributed by atoms with Crippen molar-refractivity contribution in [2.45, 2.75) is 76.9 Å². The van der Waals surface area contributed by atoms with E-state index in [9.17, 15) is 23.2 Å². The molecule has 4 atom stereocenters. The number of pyridine rings is 1. The van der Waals surface area contributed by atoms with Gasteiger partial charge >= 0.3 is 0 Å². The van der Waals surface area contributed by atoms with E-state index in [1.54, 1.807) is 13.8 Å². The van der Waals surface area contributed by atoms with Crippen LogP contribution in [0.1, 0.15) is 78.9 Å². The van der Waals surface area contributed by atoms with Crippen LogP contribution in [0.25, 0.3) is 0 Å². The molecule has 1 N–H and O–H groups in total. The van der Waals surface area contributed by atoms with Gasteiger partial charge in [-0.1, -0.05) is 24.6 Å². The molecule has 0 unspecified atom stereocenters. The van der Waals surface area contributed by atoms with E-state index in [1.165, 1.54) is 21.7 Å². The molecule has 0 aliphatic carbocycles. The van der Waals surface area contributed by atoms with Gasteiger partial charge in [-0.3, -0.25) is 14.4 Å². The molecular weight excluding hydrogens is 529 g/mol. The molecule has 0 radical (unpaired) electrons. The van der Waals surface area contributed by atoms with Crippen molar-refractivity contribution >= 4 is 17.5 Å². The molecule has 3 aliphatic heterocycles. The Morgan fingerprint density at radius 3 is 2.75 bits per heavy atom. The van der Waals surface area contributed by atoms with E-state index in [0.29, 0.717) is 24.6 Å². The van der Waals surface area contributed by atoms with Crippen LogP contribution in [0, 0.1) is 11.6 Å². The highest BCUT2D eigenvalue weighted by Crippen LogP contribution is 2.47. The second-order valence-electron chi connectivity index (χ2n) is 10.7. The number of hydrogen-bond donors (Lipinski definition) is 1. The quantitative estimate of drug-likeness (QED) is 0.518. The molecule has 1 aromatic heterocycles. The minimum atomic E-state index is -1.42. The van der Waals surface area contributed by atoms with Crippen molar-refractivity contribution in [3.8, 4) is 5.75 Å². The molecule has 2 amide bonds. The maximum absolute atomic E-state index is 15.5. The molecule has 1 aromatic carbocycles. The Morgan fingerprint density at radius 1 is 1.30 bits per heavy atom. The van der Waals surface area contributed by atoms with Crippen molar-refractivity contribution < 1.29 is 32.3 Å². The zero-order valence-corrected chi connectivity index (χ0v) is 22.5. The van der Waals surface area contributed by atoms with E-state index >= 15 is 4.39 Å². The van der Waals surface area contributed by atoms with Gasteiger partial charge in [-0.25, -0.2) is 13.2 Å². The Kier molecular flexibility index (Phi) is 7.36. The molecule has 12 heteroatoms. The van der Waals surface area contributed by atoms with Gasteiger partial charge < -0.3 is 24.4 Å². The van der Waals surface area contributed by atoms with E-state index in [0.717, 1.165) is 12.5 Å². The lowest BCUT2D eigenvalue weighted by Crippen LogP contribution is -2.52. The van der Waals surface area contributed by atoms with Gasteiger partial charge in [-0.2, -0.15) is 0 Å². The first-order chi connectivity index (χ1) is 19.1. The number of amides is 2. The lowest BCUT2D eigenvalue weighted by molar-refractivity contribution is -0.0726. The molecule has 4 heterocycles. The summed E-state index contributed by atoms with van der Waals surface area (Å²) in [7, 11) is 0. The summed E-state index contributed by atoms with van der Waals surface area (Å²) in [6.45, 7) is 5.20.